The average molecular weight is 967 g/mol. The topological polar surface area (TPSA) is 196 Å². The maximum atomic E-state index is 14.9. The van der Waals surface area contributed by atoms with Crippen LogP contribution in [0.5, 0.6) is 17.2 Å². The van der Waals surface area contributed by atoms with Crippen LogP contribution in [-0.4, -0.2) is 74.8 Å². The Balaban J connectivity index is 1.48. The van der Waals surface area contributed by atoms with E-state index in [0.717, 1.165) is 62.5 Å². The highest BCUT2D eigenvalue weighted by molar-refractivity contribution is 6.03. The van der Waals surface area contributed by atoms with E-state index in [4.69, 9.17) is 24.2 Å². The number of hydrogen-bond donors (Lipinski definition) is 2. The van der Waals surface area contributed by atoms with Gasteiger partial charge in [-0.3, -0.25) is 25.0 Å². The summed E-state index contributed by atoms with van der Waals surface area (Å²) in [5.41, 5.74) is 2.95. The number of oxime groups is 1. The lowest BCUT2D eigenvalue weighted by atomic mass is 9.55. The highest BCUT2D eigenvalue weighted by Crippen LogP contribution is 2.62. The van der Waals surface area contributed by atoms with Crippen molar-refractivity contribution in [1.82, 2.24) is 4.90 Å². The number of non-ortho nitro benzene ring substituents is 2. The number of allylic oxidation sites excluding steroid dienone is 1. The number of nitro groups is 2. The molecular formula is C55H74N4O11. The second-order valence-electron chi connectivity index (χ2n) is 19.0. The van der Waals surface area contributed by atoms with E-state index in [9.17, 15) is 35.2 Å². The normalized spacial score (nSPS) is 21.7. The van der Waals surface area contributed by atoms with Gasteiger partial charge in [0, 0.05) is 62.3 Å². The number of unbranched alkanes of at least 4 members (excludes halogenated alkanes) is 10. The molecule has 2 N–H and O–H groups in total. The molecule has 0 radical (unpaired) electrons. The molecule has 3 aliphatic rings. The Hall–Kier alpha value is -5.64. The Labute approximate surface area is 413 Å². The third kappa shape index (κ3) is 13.6. The molecule has 15 nitrogen and oxygen atoms in total. The molecule has 3 aromatic rings. The molecular weight excluding hydrogens is 893 g/mol. The monoisotopic (exact) mass is 967 g/mol. The Morgan fingerprint density at radius 2 is 1.53 bits per heavy atom. The van der Waals surface area contributed by atoms with Crippen molar-refractivity contribution in [3.05, 3.63) is 122 Å². The van der Waals surface area contributed by atoms with Gasteiger partial charge in [0.15, 0.2) is 0 Å². The number of amides is 1. The third-order valence-electron chi connectivity index (χ3n) is 14.1. The van der Waals surface area contributed by atoms with Crippen molar-refractivity contribution in [3.63, 3.8) is 0 Å². The third-order valence-corrected chi connectivity index (χ3v) is 14.1. The van der Waals surface area contributed by atoms with Crippen LogP contribution < -0.4 is 9.47 Å². The molecule has 6 rings (SSSR count). The van der Waals surface area contributed by atoms with Crippen LogP contribution in [0.4, 0.5) is 11.4 Å². The molecule has 0 saturated heterocycles. The zero-order valence-corrected chi connectivity index (χ0v) is 41.2. The lowest BCUT2D eigenvalue weighted by Gasteiger charge is -2.60. The van der Waals surface area contributed by atoms with Crippen LogP contribution in [-0.2, 0) is 21.0 Å². The number of nitrogens with zero attached hydrogens (tertiary/aromatic N) is 4. The minimum Gasteiger partial charge on any atom is -0.459 e. The standard InChI is InChI=1S/C55H74N4O11/c1-4-7-8-9-10-11-12-13-14-24-52(62)57(31-5-2)51-38-49(56-68-39-40-25-27-42(28-26-40)58(63)64)47-35-41(20-15-17-32-60)46(23-16-18-33-61)53-48-37-45(69-44-22-19-21-43(36-44)59(65)66)29-30-50(48)70-55(51,54(47)53)67-34-6-3/h6,19,21-22,25-30,35-37,41,46,51,53-54,60-61H,3-5,7-18,20,23-24,31-34,38-39H2,1-2H3. The fraction of sp³-hybridized carbons (Fsp3) is 0.564. The number of benzene rings is 3. The van der Waals surface area contributed by atoms with E-state index in [0.29, 0.717) is 60.8 Å². The first-order chi connectivity index (χ1) is 34.1. The van der Waals surface area contributed by atoms with E-state index in [1.807, 2.05) is 17.0 Å². The molecule has 15 heteroatoms. The van der Waals surface area contributed by atoms with Crippen molar-refractivity contribution in [3.8, 4) is 17.2 Å². The fourth-order valence-electron chi connectivity index (χ4n) is 10.8. The Morgan fingerprint density at radius 1 is 0.843 bits per heavy atom. The maximum absolute atomic E-state index is 14.9. The molecule has 0 bridgehead atoms. The summed E-state index contributed by atoms with van der Waals surface area (Å²) >= 11 is 0. The summed E-state index contributed by atoms with van der Waals surface area (Å²) in [4.78, 5) is 45.3. The van der Waals surface area contributed by atoms with Crippen molar-refractivity contribution in [2.24, 2.45) is 22.9 Å². The number of aliphatic hydroxyl groups is 2. The molecule has 0 aromatic heterocycles. The van der Waals surface area contributed by atoms with Crippen molar-refractivity contribution < 1.29 is 43.9 Å². The number of carbonyl (C=O) groups is 1. The van der Waals surface area contributed by atoms with E-state index in [1.165, 1.54) is 56.4 Å². The Morgan fingerprint density at radius 3 is 2.20 bits per heavy atom. The van der Waals surface area contributed by atoms with E-state index in [1.54, 1.807) is 36.4 Å². The summed E-state index contributed by atoms with van der Waals surface area (Å²) in [7, 11) is 0. The number of carbonyl (C=O) groups excluding carboxylic acids is 1. The van der Waals surface area contributed by atoms with Crippen LogP contribution in [0.15, 0.2) is 96.2 Å². The van der Waals surface area contributed by atoms with Crippen molar-refractivity contribution in [1.29, 1.82) is 0 Å². The van der Waals surface area contributed by atoms with E-state index in [2.05, 4.69) is 26.5 Å². The quantitative estimate of drug-likeness (QED) is 0.0269. The van der Waals surface area contributed by atoms with E-state index >= 15 is 0 Å². The van der Waals surface area contributed by atoms with Gasteiger partial charge in [-0.15, -0.1) is 6.58 Å². The molecule has 1 heterocycles. The summed E-state index contributed by atoms with van der Waals surface area (Å²) in [5, 5.41) is 48.1. The number of fused-ring (bicyclic) bond motifs is 2. The Kier molecular flexibility index (Phi) is 20.8. The fourth-order valence-corrected chi connectivity index (χ4v) is 10.8. The molecule has 1 saturated carbocycles. The molecule has 70 heavy (non-hydrogen) atoms. The largest absolute Gasteiger partial charge is 0.459 e. The number of hydrogen-bond acceptors (Lipinski definition) is 12. The minimum atomic E-state index is -1.42. The molecule has 1 fully saturated rings. The lowest BCUT2D eigenvalue weighted by Crippen LogP contribution is -2.70. The average Bonchev–Trinajstić information content (AvgIpc) is 3.36. The zero-order chi connectivity index (χ0) is 49.9. The van der Waals surface area contributed by atoms with Gasteiger partial charge >= 0.3 is 0 Å². The van der Waals surface area contributed by atoms with Gasteiger partial charge in [-0.05, 0) is 97.9 Å². The predicted molar refractivity (Wildman–Crippen MR) is 270 cm³/mol. The minimum absolute atomic E-state index is 0.0117. The number of ether oxygens (including phenoxy) is 3. The number of nitro benzene ring substituents is 2. The highest BCUT2D eigenvalue weighted by Gasteiger charge is 2.65. The second-order valence-corrected chi connectivity index (χ2v) is 19.0. The first-order valence-corrected chi connectivity index (χ1v) is 25.7. The number of aliphatic hydroxyl groups excluding tert-OH is 2. The summed E-state index contributed by atoms with van der Waals surface area (Å²) in [5.74, 6) is -0.964. The molecule has 0 spiro atoms. The van der Waals surface area contributed by atoms with Crippen molar-refractivity contribution >= 4 is 23.0 Å². The van der Waals surface area contributed by atoms with Gasteiger partial charge in [-0.2, -0.15) is 0 Å². The molecule has 6 atom stereocenters. The van der Waals surface area contributed by atoms with Crippen LogP contribution in [0, 0.1) is 38.0 Å². The van der Waals surface area contributed by atoms with Gasteiger partial charge < -0.3 is 34.2 Å². The first kappa shape index (κ1) is 53.7. The SMILES string of the molecule is C=CCOC12Oc3ccc(Oc4cccc([N+](=O)[O-])c4)cc3C3C(CCCCO)C(CCCCO)C=C(C(=NOCc4ccc([N+](=O)[O-])cc4)CC1N(CCC)C(=O)CCCCCCCCCCC)C32. The molecule has 1 amide bonds. The van der Waals surface area contributed by atoms with E-state index < -0.39 is 27.6 Å². The van der Waals surface area contributed by atoms with Crippen LogP contribution in [0.1, 0.15) is 146 Å². The lowest BCUT2D eigenvalue weighted by molar-refractivity contribution is -0.385. The van der Waals surface area contributed by atoms with Crippen molar-refractivity contribution in [2.75, 3.05) is 26.4 Å². The molecule has 6 unspecified atom stereocenters. The molecule has 3 aromatic carbocycles. The van der Waals surface area contributed by atoms with Crippen LogP contribution >= 0.6 is 0 Å². The predicted octanol–water partition coefficient (Wildman–Crippen LogP) is 12.3. The molecule has 2 aliphatic carbocycles. The Bertz CT molecular complexity index is 2250. The van der Waals surface area contributed by atoms with Gasteiger partial charge in [-0.25, -0.2) is 0 Å². The first-order valence-electron chi connectivity index (χ1n) is 25.7. The van der Waals surface area contributed by atoms with Crippen LogP contribution in [0.2, 0.25) is 0 Å². The summed E-state index contributed by atoms with van der Waals surface area (Å²) in [6, 6.07) is 17.2. The summed E-state index contributed by atoms with van der Waals surface area (Å²) in [6.07, 6.45) is 19.7. The maximum Gasteiger partial charge on any atom is 0.273 e. The van der Waals surface area contributed by atoms with Gasteiger partial charge in [-0.1, -0.05) is 101 Å². The molecule has 380 valence electrons. The number of rotatable bonds is 31. The smallest absolute Gasteiger partial charge is 0.273 e. The highest BCUT2D eigenvalue weighted by atomic mass is 16.7. The molecule has 1 aliphatic heterocycles. The van der Waals surface area contributed by atoms with Gasteiger partial charge in [0.25, 0.3) is 11.4 Å². The van der Waals surface area contributed by atoms with Gasteiger partial charge in [0.2, 0.25) is 11.7 Å². The van der Waals surface area contributed by atoms with Crippen LogP contribution in [0.3, 0.4) is 0 Å². The van der Waals surface area contributed by atoms with Crippen molar-refractivity contribution in [2.45, 2.75) is 154 Å². The van der Waals surface area contributed by atoms with Gasteiger partial charge in [0.05, 0.1) is 34.1 Å². The summed E-state index contributed by atoms with van der Waals surface area (Å²) in [6.45, 7) is 9.05. The van der Waals surface area contributed by atoms with Gasteiger partial charge in [0.1, 0.15) is 29.9 Å². The zero-order valence-electron chi connectivity index (χ0n) is 41.2. The van der Waals surface area contributed by atoms with E-state index in [-0.39, 0.29) is 67.9 Å². The second kappa shape index (κ2) is 27.1. The summed E-state index contributed by atoms with van der Waals surface area (Å²) < 4.78 is 20.9. The van der Waals surface area contributed by atoms with Crippen LogP contribution in [0.25, 0.3) is 0 Å².